The Labute approximate surface area is 76.5 Å². The fourth-order valence-electron chi connectivity index (χ4n) is 1.27. The Hall–Kier alpha value is -0.880. The van der Waals surface area contributed by atoms with Gasteiger partial charge in [0, 0.05) is 6.42 Å². The molecule has 7 heteroatoms. The normalized spacial score (nSPS) is 24.6. The molecule has 1 saturated heterocycles. The topological polar surface area (TPSA) is 29.1 Å². The van der Waals surface area contributed by atoms with Crippen molar-refractivity contribution >= 4 is 5.91 Å². The number of halogens is 5. The fraction of sp³-hybridized carbons (Fsp3) is 0.857. The van der Waals surface area contributed by atoms with Crippen LogP contribution in [0, 0.1) is 0 Å². The van der Waals surface area contributed by atoms with E-state index in [4.69, 9.17) is 0 Å². The van der Waals surface area contributed by atoms with Crippen LogP contribution in [-0.2, 0) is 4.79 Å². The number of carbonyl (C=O) groups is 1. The van der Waals surface area contributed by atoms with E-state index in [0.29, 0.717) is 0 Å². The average molecular weight is 217 g/mol. The number of piperidine rings is 1. The summed E-state index contributed by atoms with van der Waals surface area (Å²) in [7, 11) is 0. The molecule has 0 aromatic rings. The molecule has 0 bridgehead atoms. The van der Waals surface area contributed by atoms with Crippen LogP contribution in [0.25, 0.3) is 0 Å². The summed E-state index contributed by atoms with van der Waals surface area (Å²) in [6.07, 6.45) is -5.90. The summed E-state index contributed by atoms with van der Waals surface area (Å²) in [5, 5.41) is 1.65. The quantitative estimate of drug-likeness (QED) is 0.667. The number of hydrogen-bond donors (Lipinski definition) is 1. The van der Waals surface area contributed by atoms with Gasteiger partial charge in [0.05, 0.1) is 0 Å². The Balaban J connectivity index is 2.76. The van der Waals surface area contributed by atoms with Crippen molar-refractivity contribution in [2.45, 2.75) is 37.4 Å². The van der Waals surface area contributed by atoms with Crippen LogP contribution < -0.4 is 5.32 Å². The average Bonchev–Trinajstić information content (AvgIpc) is 2.02. The Bertz CT molecular complexity index is 237. The van der Waals surface area contributed by atoms with Gasteiger partial charge in [-0.25, -0.2) is 0 Å². The highest BCUT2D eigenvalue weighted by Crippen LogP contribution is 2.40. The van der Waals surface area contributed by atoms with Gasteiger partial charge in [-0.1, -0.05) is 0 Å². The molecule has 14 heavy (non-hydrogen) atoms. The van der Waals surface area contributed by atoms with Crippen LogP contribution in [0.1, 0.15) is 19.3 Å². The van der Waals surface area contributed by atoms with E-state index in [1.54, 1.807) is 5.32 Å². The molecular formula is C7H8F5NO. The third-order valence-corrected chi connectivity index (χ3v) is 2.05. The molecule has 1 heterocycles. The minimum absolute atomic E-state index is 0.00440. The molecule has 1 atom stereocenters. The third kappa shape index (κ3) is 1.96. The van der Waals surface area contributed by atoms with Gasteiger partial charge in [0.2, 0.25) is 5.91 Å². The van der Waals surface area contributed by atoms with Crippen LogP contribution in [-0.4, -0.2) is 24.0 Å². The van der Waals surface area contributed by atoms with Gasteiger partial charge in [0.25, 0.3) is 0 Å². The maximum absolute atomic E-state index is 12.6. The van der Waals surface area contributed by atoms with Gasteiger partial charge in [-0.15, -0.1) is 0 Å². The van der Waals surface area contributed by atoms with Crippen LogP contribution >= 0.6 is 0 Å². The lowest BCUT2D eigenvalue weighted by Crippen LogP contribution is -2.56. The summed E-state index contributed by atoms with van der Waals surface area (Å²) in [6.45, 7) is 0. The van der Waals surface area contributed by atoms with Gasteiger partial charge in [-0.05, 0) is 12.8 Å². The molecule has 1 rings (SSSR count). The first-order chi connectivity index (χ1) is 6.25. The van der Waals surface area contributed by atoms with Crippen LogP contribution in [0.3, 0.4) is 0 Å². The Morgan fingerprint density at radius 1 is 1.21 bits per heavy atom. The standard InChI is InChI=1S/C7H8F5NO/c8-6(9,7(10,11)12)4-2-1-3-5(14)13-4/h4H,1-3H2,(H,13,14). The lowest BCUT2D eigenvalue weighted by atomic mass is 9.98. The predicted octanol–water partition coefficient (Wildman–Crippen LogP) is 1.85. The van der Waals surface area contributed by atoms with E-state index in [1.807, 2.05) is 0 Å². The van der Waals surface area contributed by atoms with Crippen molar-refractivity contribution in [3.05, 3.63) is 0 Å². The second kappa shape index (κ2) is 3.36. The molecule has 1 fully saturated rings. The van der Waals surface area contributed by atoms with Crippen LogP contribution in [0.15, 0.2) is 0 Å². The van der Waals surface area contributed by atoms with E-state index in [2.05, 4.69) is 0 Å². The zero-order chi connectivity index (χ0) is 11.0. The first-order valence-corrected chi connectivity index (χ1v) is 3.99. The minimum atomic E-state index is -5.61. The van der Waals surface area contributed by atoms with Crippen molar-refractivity contribution in [3.8, 4) is 0 Å². The van der Waals surface area contributed by atoms with Gasteiger partial charge in [0.1, 0.15) is 6.04 Å². The number of amides is 1. The molecule has 0 aromatic carbocycles. The van der Waals surface area contributed by atoms with Gasteiger partial charge in [-0.3, -0.25) is 4.79 Å². The van der Waals surface area contributed by atoms with E-state index >= 15 is 0 Å². The smallest absolute Gasteiger partial charge is 0.347 e. The molecule has 1 unspecified atom stereocenters. The maximum atomic E-state index is 12.6. The molecule has 0 spiro atoms. The maximum Gasteiger partial charge on any atom is 0.455 e. The van der Waals surface area contributed by atoms with E-state index in [9.17, 15) is 26.7 Å². The van der Waals surface area contributed by atoms with Gasteiger partial charge < -0.3 is 5.32 Å². The lowest BCUT2D eigenvalue weighted by Gasteiger charge is -2.31. The summed E-state index contributed by atoms with van der Waals surface area (Å²) in [4.78, 5) is 10.6. The van der Waals surface area contributed by atoms with Crippen molar-refractivity contribution < 1.29 is 26.7 Å². The zero-order valence-electron chi connectivity index (χ0n) is 7.00. The Morgan fingerprint density at radius 3 is 2.21 bits per heavy atom. The molecule has 2 nitrogen and oxygen atoms in total. The van der Waals surface area contributed by atoms with Gasteiger partial charge >= 0.3 is 12.1 Å². The fourth-order valence-corrected chi connectivity index (χ4v) is 1.27. The molecule has 1 amide bonds. The number of hydrogen-bond acceptors (Lipinski definition) is 1. The van der Waals surface area contributed by atoms with E-state index in [-0.39, 0.29) is 19.3 Å². The molecule has 1 N–H and O–H groups in total. The highest BCUT2D eigenvalue weighted by Gasteiger charge is 2.62. The van der Waals surface area contributed by atoms with Crippen LogP contribution in [0.5, 0.6) is 0 Å². The minimum Gasteiger partial charge on any atom is -0.347 e. The van der Waals surface area contributed by atoms with Crippen molar-refractivity contribution in [1.82, 2.24) is 5.32 Å². The predicted molar refractivity (Wildman–Crippen MR) is 36.8 cm³/mol. The SMILES string of the molecule is O=C1CCCC(C(F)(F)C(F)(F)F)N1. The number of carbonyl (C=O) groups excluding carboxylic acids is 1. The highest BCUT2D eigenvalue weighted by atomic mass is 19.4. The van der Waals surface area contributed by atoms with Crippen LogP contribution in [0.4, 0.5) is 22.0 Å². The summed E-state index contributed by atoms with van der Waals surface area (Å²) >= 11 is 0. The van der Waals surface area contributed by atoms with Crippen molar-refractivity contribution in [2.75, 3.05) is 0 Å². The summed E-state index contributed by atoms with van der Waals surface area (Å²) in [5.74, 6) is -5.60. The molecule has 0 aliphatic carbocycles. The van der Waals surface area contributed by atoms with Crippen molar-refractivity contribution in [2.24, 2.45) is 0 Å². The van der Waals surface area contributed by atoms with Gasteiger partial charge in [-0.2, -0.15) is 22.0 Å². The van der Waals surface area contributed by atoms with E-state index in [0.717, 1.165) is 0 Å². The van der Waals surface area contributed by atoms with E-state index in [1.165, 1.54) is 0 Å². The first kappa shape index (κ1) is 11.2. The van der Waals surface area contributed by atoms with Gasteiger partial charge in [0.15, 0.2) is 0 Å². The van der Waals surface area contributed by atoms with Crippen molar-refractivity contribution in [3.63, 3.8) is 0 Å². The zero-order valence-corrected chi connectivity index (χ0v) is 7.00. The first-order valence-electron chi connectivity index (χ1n) is 3.99. The summed E-state index contributed by atoms with van der Waals surface area (Å²) in [6, 6.07) is -2.12. The number of rotatable bonds is 1. The molecule has 0 aromatic heterocycles. The molecule has 1 aliphatic rings. The van der Waals surface area contributed by atoms with Crippen LogP contribution in [0.2, 0.25) is 0 Å². The van der Waals surface area contributed by atoms with Crippen molar-refractivity contribution in [1.29, 1.82) is 0 Å². The largest absolute Gasteiger partial charge is 0.455 e. The number of alkyl halides is 5. The Kier molecular flexibility index (Phi) is 2.69. The third-order valence-electron chi connectivity index (χ3n) is 2.05. The summed E-state index contributed by atoms with van der Waals surface area (Å²) < 4.78 is 60.8. The Morgan fingerprint density at radius 2 is 1.79 bits per heavy atom. The molecule has 1 aliphatic heterocycles. The molecular weight excluding hydrogens is 209 g/mol. The molecule has 82 valence electrons. The summed E-state index contributed by atoms with van der Waals surface area (Å²) in [5.41, 5.74) is 0. The number of nitrogens with one attached hydrogen (secondary N) is 1. The second-order valence-corrected chi connectivity index (χ2v) is 3.13. The second-order valence-electron chi connectivity index (χ2n) is 3.13. The molecule has 0 radical (unpaired) electrons. The molecule has 0 saturated carbocycles. The lowest BCUT2D eigenvalue weighted by molar-refractivity contribution is -0.293. The van der Waals surface area contributed by atoms with E-state index < -0.39 is 24.0 Å². The highest BCUT2D eigenvalue weighted by molar-refractivity contribution is 5.77. The monoisotopic (exact) mass is 217 g/mol.